The molecule has 0 radical (unpaired) electrons. The average molecular weight is 239 g/mol. The molecule has 1 amide bonds. The highest BCUT2D eigenvalue weighted by molar-refractivity contribution is 5.81. The lowest BCUT2D eigenvalue weighted by Crippen LogP contribution is -2.43. The second kappa shape index (κ2) is 4.44. The Morgan fingerprint density at radius 2 is 2.41 bits per heavy atom. The van der Waals surface area contributed by atoms with Gasteiger partial charge < -0.3 is 9.84 Å². The van der Waals surface area contributed by atoms with Crippen LogP contribution in [0.15, 0.2) is 12.4 Å². The van der Waals surface area contributed by atoms with Gasteiger partial charge >= 0.3 is 12.1 Å². The van der Waals surface area contributed by atoms with E-state index in [-0.39, 0.29) is 0 Å². The molecule has 1 aliphatic heterocycles. The van der Waals surface area contributed by atoms with E-state index in [0.29, 0.717) is 25.1 Å². The van der Waals surface area contributed by atoms with Crippen LogP contribution in [0.3, 0.4) is 0 Å². The summed E-state index contributed by atoms with van der Waals surface area (Å²) in [4.78, 5) is 24.0. The highest BCUT2D eigenvalue weighted by atomic mass is 16.6. The van der Waals surface area contributed by atoms with E-state index in [4.69, 9.17) is 4.74 Å². The summed E-state index contributed by atoms with van der Waals surface area (Å²) in [7, 11) is 1.69. The summed E-state index contributed by atoms with van der Waals surface area (Å²) in [6.07, 6.45) is 3.07. The zero-order valence-electron chi connectivity index (χ0n) is 9.37. The summed E-state index contributed by atoms with van der Waals surface area (Å²) >= 11 is 0. The largest absolute Gasteiger partial charge is 0.479 e. The number of carbonyl (C=O) groups is 2. The van der Waals surface area contributed by atoms with Crippen molar-refractivity contribution in [2.75, 3.05) is 13.2 Å². The maximum atomic E-state index is 11.5. The molecule has 0 saturated carbocycles. The maximum Gasteiger partial charge on any atom is 0.410 e. The Balaban J connectivity index is 2.28. The molecule has 1 atom stereocenters. The number of cyclic esters (lactones) is 1. The monoisotopic (exact) mass is 239 g/mol. The van der Waals surface area contributed by atoms with Gasteiger partial charge in [0.25, 0.3) is 0 Å². The molecule has 1 aliphatic rings. The van der Waals surface area contributed by atoms with E-state index >= 15 is 0 Å². The first-order chi connectivity index (χ1) is 8.09. The molecule has 0 spiro atoms. The Morgan fingerprint density at radius 1 is 1.65 bits per heavy atom. The zero-order chi connectivity index (χ0) is 12.4. The van der Waals surface area contributed by atoms with Gasteiger partial charge in [-0.15, -0.1) is 0 Å². The first kappa shape index (κ1) is 11.4. The second-order valence-electron chi connectivity index (χ2n) is 3.85. The van der Waals surface area contributed by atoms with Crippen molar-refractivity contribution in [2.45, 2.75) is 12.5 Å². The number of hydrogen-bond donors (Lipinski definition) is 1. The molecule has 7 nitrogen and oxygen atoms in total. The summed E-state index contributed by atoms with van der Waals surface area (Å²) in [5, 5.41) is 13.1. The smallest absolute Gasteiger partial charge is 0.410 e. The fraction of sp³-hybridized carbons (Fsp3) is 0.500. The van der Waals surface area contributed by atoms with Crippen LogP contribution in [0, 0.1) is 0 Å². The lowest BCUT2D eigenvalue weighted by atomic mass is 10.1. The molecule has 1 saturated heterocycles. The quantitative estimate of drug-likeness (QED) is 0.824. The molecule has 2 heterocycles. The van der Waals surface area contributed by atoms with Gasteiger partial charge in [0, 0.05) is 25.4 Å². The normalized spacial score (nSPS) is 17.7. The molecular weight excluding hydrogens is 226 g/mol. The van der Waals surface area contributed by atoms with Gasteiger partial charge in [0.2, 0.25) is 0 Å². The molecule has 1 unspecified atom stereocenters. The lowest BCUT2D eigenvalue weighted by Gasteiger charge is -2.30. The van der Waals surface area contributed by atoms with Crippen LogP contribution >= 0.6 is 0 Å². The highest BCUT2D eigenvalue weighted by Crippen LogP contribution is 2.23. The second-order valence-corrected chi connectivity index (χ2v) is 3.85. The molecule has 17 heavy (non-hydrogen) atoms. The van der Waals surface area contributed by atoms with E-state index in [1.165, 1.54) is 15.8 Å². The van der Waals surface area contributed by atoms with Gasteiger partial charge in [0.1, 0.15) is 0 Å². The number of ether oxygens (including phenoxy) is 1. The fourth-order valence-electron chi connectivity index (χ4n) is 1.84. The van der Waals surface area contributed by atoms with Gasteiger partial charge in [0.15, 0.2) is 6.04 Å². The molecule has 1 aromatic rings. The fourth-order valence-corrected chi connectivity index (χ4v) is 1.84. The van der Waals surface area contributed by atoms with Crippen LogP contribution in [0.2, 0.25) is 0 Å². The van der Waals surface area contributed by atoms with E-state index in [2.05, 4.69) is 5.10 Å². The summed E-state index contributed by atoms with van der Waals surface area (Å²) in [6, 6.07) is -1.03. The Bertz CT molecular complexity index is 443. The van der Waals surface area contributed by atoms with E-state index in [9.17, 15) is 14.7 Å². The lowest BCUT2D eigenvalue weighted by molar-refractivity contribution is -0.143. The highest BCUT2D eigenvalue weighted by Gasteiger charge is 2.34. The van der Waals surface area contributed by atoms with E-state index in [0.717, 1.165) is 0 Å². The van der Waals surface area contributed by atoms with Crippen molar-refractivity contribution >= 4 is 12.1 Å². The van der Waals surface area contributed by atoms with Gasteiger partial charge in [0.05, 0.1) is 12.8 Å². The van der Waals surface area contributed by atoms with Gasteiger partial charge in [-0.2, -0.15) is 5.10 Å². The minimum Gasteiger partial charge on any atom is -0.479 e. The van der Waals surface area contributed by atoms with Gasteiger partial charge in [-0.3, -0.25) is 9.58 Å². The third-order valence-corrected chi connectivity index (χ3v) is 2.59. The minimum atomic E-state index is -1.09. The summed E-state index contributed by atoms with van der Waals surface area (Å²) in [5.74, 6) is -1.09. The SMILES string of the molecule is Cn1cc(C(C(=O)O)N2CCCOC2=O)cn1. The molecule has 1 aromatic heterocycles. The topological polar surface area (TPSA) is 84.7 Å². The standard InChI is InChI=1S/C10H13N3O4/c1-12-6-7(5-11-12)8(9(14)15)13-3-2-4-17-10(13)16/h5-6,8H,2-4H2,1H3,(H,14,15). The number of amides is 1. The van der Waals surface area contributed by atoms with Crippen LogP contribution in [0.4, 0.5) is 4.79 Å². The van der Waals surface area contributed by atoms with Crippen LogP contribution in [-0.4, -0.2) is 45.0 Å². The molecule has 0 bridgehead atoms. The Morgan fingerprint density at radius 3 is 2.94 bits per heavy atom. The molecule has 0 aliphatic carbocycles. The van der Waals surface area contributed by atoms with Crippen LogP contribution in [0.1, 0.15) is 18.0 Å². The minimum absolute atomic E-state index is 0.342. The first-order valence-electron chi connectivity index (χ1n) is 5.24. The first-order valence-corrected chi connectivity index (χ1v) is 5.24. The number of carbonyl (C=O) groups excluding carboxylic acids is 1. The predicted octanol–water partition coefficient (Wildman–Crippen LogP) is 0.388. The van der Waals surface area contributed by atoms with Crippen molar-refractivity contribution in [3.8, 4) is 0 Å². The summed E-state index contributed by atoms with van der Waals surface area (Å²) in [6.45, 7) is 0.722. The van der Waals surface area contributed by atoms with Crippen molar-refractivity contribution in [2.24, 2.45) is 7.05 Å². The summed E-state index contributed by atoms with van der Waals surface area (Å²) < 4.78 is 6.35. The van der Waals surface area contributed by atoms with Gasteiger partial charge in [-0.05, 0) is 6.42 Å². The molecule has 1 N–H and O–H groups in total. The van der Waals surface area contributed by atoms with Crippen molar-refractivity contribution in [1.82, 2.24) is 14.7 Å². The predicted molar refractivity (Wildman–Crippen MR) is 56.3 cm³/mol. The van der Waals surface area contributed by atoms with Crippen LogP contribution in [0.25, 0.3) is 0 Å². The number of nitrogens with zero attached hydrogens (tertiary/aromatic N) is 3. The van der Waals surface area contributed by atoms with E-state index in [1.54, 1.807) is 13.2 Å². The Kier molecular flexibility index (Phi) is 2.99. The van der Waals surface area contributed by atoms with Crippen molar-refractivity contribution in [3.05, 3.63) is 18.0 Å². The number of rotatable bonds is 3. The van der Waals surface area contributed by atoms with Gasteiger partial charge in [-0.1, -0.05) is 0 Å². The number of aliphatic carboxylic acids is 1. The number of aromatic nitrogens is 2. The third-order valence-electron chi connectivity index (χ3n) is 2.59. The number of carboxylic acids is 1. The van der Waals surface area contributed by atoms with Crippen LogP contribution in [0.5, 0.6) is 0 Å². The van der Waals surface area contributed by atoms with Crippen molar-refractivity contribution in [3.63, 3.8) is 0 Å². The molecule has 0 aromatic carbocycles. The number of carboxylic acid groups (broad SMARTS) is 1. The molecule has 2 rings (SSSR count). The Hall–Kier alpha value is -2.05. The van der Waals surface area contributed by atoms with Gasteiger partial charge in [-0.25, -0.2) is 9.59 Å². The zero-order valence-corrected chi connectivity index (χ0v) is 9.37. The molecule has 7 heteroatoms. The van der Waals surface area contributed by atoms with Crippen LogP contribution < -0.4 is 0 Å². The number of hydrogen-bond acceptors (Lipinski definition) is 4. The van der Waals surface area contributed by atoms with Crippen molar-refractivity contribution < 1.29 is 19.4 Å². The number of aryl methyl sites for hydroxylation is 1. The third kappa shape index (κ3) is 2.22. The molecular formula is C10H13N3O4. The van der Waals surface area contributed by atoms with Crippen LogP contribution in [-0.2, 0) is 16.6 Å². The average Bonchev–Trinajstić information content (AvgIpc) is 2.68. The Labute approximate surface area is 97.6 Å². The van der Waals surface area contributed by atoms with Crippen molar-refractivity contribution in [1.29, 1.82) is 0 Å². The van der Waals surface area contributed by atoms with E-state index in [1.807, 2.05) is 0 Å². The molecule has 92 valence electrons. The summed E-state index contributed by atoms with van der Waals surface area (Å²) in [5.41, 5.74) is 0.471. The van der Waals surface area contributed by atoms with E-state index < -0.39 is 18.1 Å². The molecule has 1 fully saturated rings. The maximum absolute atomic E-state index is 11.5.